The smallest absolute Gasteiger partial charge is 0.240 e. The molecular weight excluding hydrogens is 302 g/mol. The molecule has 2 bridgehead atoms. The van der Waals surface area contributed by atoms with Crippen LogP contribution in [0.1, 0.15) is 0 Å². The van der Waals surface area contributed by atoms with E-state index in [2.05, 4.69) is 0 Å². The van der Waals surface area contributed by atoms with Crippen molar-refractivity contribution in [3.63, 3.8) is 0 Å². The van der Waals surface area contributed by atoms with Gasteiger partial charge < -0.3 is 4.74 Å². The summed E-state index contributed by atoms with van der Waals surface area (Å²) in [5, 5.41) is 0. The lowest BCUT2D eigenvalue weighted by molar-refractivity contribution is -0.124. The number of carbonyl (C=O) groups excluding carboxylic acids is 2. The maximum atomic E-state index is 13.0. The highest BCUT2D eigenvalue weighted by atomic mass is 16.5. The fourth-order valence-electron chi connectivity index (χ4n) is 4.07. The number of amides is 2. The highest BCUT2D eigenvalue weighted by molar-refractivity contribution is 6.24. The minimum Gasteiger partial charge on any atom is -0.365 e. The zero-order chi connectivity index (χ0) is 16.3. The van der Waals surface area contributed by atoms with E-state index in [4.69, 9.17) is 4.74 Å². The van der Waals surface area contributed by atoms with Crippen LogP contribution in [0.4, 0.5) is 5.69 Å². The Bertz CT molecular complexity index is 843. The Balaban J connectivity index is 1.61. The van der Waals surface area contributed by atoms with Gasteiger partial charge in [0.1, 0.15) is 0 Å². The van der Waals surface area contributed by atoms with Crippen LogP contribution in [0.3, 0.4) is 0 Å². The number of para-hydroxylation sites is 1. The van der Waals surface area contributed by atoms with Gasteiger partial charge in [-0.3, -0.25) is 9.59 Å². The van der Waals surface area contributed by atoms with Crippen LogP contribution in [0.2, 0.25) is 0 Å². The molecule has 2 fully saturated rings. The second-order valence-electron chi connectivity index (χ2n) is 6.40. The summed E-state index contributed by atoms with van der Waals surface area (Å²) in [6, 6.07) is 17.4. The fraction of sp³-hybridized carbons (Fsp3) is 0.200. The number of imide groups is 1. The maximum absolute atomic E-state index is 13.0. The SMILES string of the molecule is O=C1[C@@H]2[C@H](C(=O)N1c1ccccc1-c1ccccc1)[C@@H]1C=C[C@H]2O1. The van der Waals surface area contributed by atoms with Gasteiger partial charge in [-0.25, -0.2) is 4.90 Å². The second kappa shape index (κ2) is 4.89. The molecule has 0 saturated carbocycles. The van der Waals surface area contributed by atoms with Crippen LogP contribution >= 0.6 is 0 Å². The number of rotatable bonds is 2. The lowest BCUT2D eigenvalue weighted by Gasteiger charge is -2.20. The van der Waals surface area contributed by atoms with Gasteiger partial charge in [0.25, 0.3) is 0 Å². The molecule has 0 unspecified atom stereocenters. The van der Waals surface area contributed by atoms with Crippen molar-refractivity contribution in [3.8, 4) is 11.1 Å². The normalized spacial score (nSPS) is 30.2. The van der Waals surface area contributed by atoms with Crippen LogP contribution in [0.25, 0.3) is 11.1 Å². The number of benzene rings is 2. The molecule has 2 amide bonds. The predicted molar refractivity (Wildman–Crippen MR) is 89.2 cm³/mol. The molecule has 4 nitrogen and oxygen atoms in total. The molecule has 2 aromatic rings. The van der Waals surface area contributed by atoms with Crippen molar-refractivity contribution in [1.82, 2.24) is 0 Å². The molecule has 0 spiro atoms. The summed E-state index contributed by atoms with van der Waals surface area (Å²) in [4.78, 5) is 27.3. The maximum Gasteiger partial charge on any atom is 0.240 e. The molecule has 0 N–H and O–H groups in total. The molecule has 118 valence electrons. The number of hydrogen-bond donors (Lipinski definition) is 0. The van der Waals surface area contributed by atoms with Crippen molar-refractivity contribution in [2.45, 2.75) is 12.2 Å². The van der Waals surface area contributed by atoms with Gasteiger partial charge in [0.15, 0.2) is 0 Å². The molecule has 2 aromatic carbocycles. The Labute approximate surface area is 139 Å². The summed E-state index contributed by atoms with van der Waals surface area (Å²) in [7, 11) is 0. The number of ether oxygens (including phenoxy) is 1. The van der Waals surface area contributed by atoms with Crippen LogP contribution in [-0.4, -0.2) is 24.0 Å². The summed E-state index contributed by atoms with van der Waals surface area (Å²) in [6.07, 6.45) is 3.29. The molecule has 3 aliphatic rings. The van der Waals surface area contributed by atoms with E-state index in [9.17, 15) is 9.59 Å². The van der Waals surface area contributed by atoms with Gasteiger partial charge in [-0.2, -0.15) is 0 Å². The van der Waals surface area contributed by atoms with Crippen molar-refractivity contribution in [3.05, 3.63) is 66.7 Å². The van der Waals surface area contributed by atoms with Crippen LogP contribution in [0, 0.1) is 11.8 Å². The molecule has 5 rings (SSSR count). The summed E-state index contributed by atoms with van der Waals surface area (Å²) in [6.45, 7) is 0. The number of nitrogens with zero attached hydrogens (tertiary/aromatic N) is 1. The number of fused-ring (bicyclic) bond motifs is 5. The zero-order valence-corrected chi connectivity index (χ0v) is 12.8. The van der Waals surface area contributed by atoms with E-state index in [1.807, 2.05) is 66.7 Å². The van der Waals surface area contributed by atoms with E-state index >= 15 is 0 Å². The van der Waals surface area contributed by atoms with E-state index in [1.54, 1.807) is 0 Å². The molecule has 24 heavy (non-hydrogen) atoms. The summed E-state index contributed by atoms with van der Waals surface area (Å²) in [5.41, 5.74) is 2.54. The third-order valence-corrected chi connectivity index (χ3v) is 5.14. The average molecular weight is 317 g/mol. The van der Waals surface area contributed by atoms with Gasteiger partial charge in [0, 0.05) is 5.56 Å². The minimum atomic E-state index is -0.378. The topological polar surface area (TPSA) is 46.6 Å². The largest absolute Gasteiger partial charge is 0.365 e. The van der Waals surface area contributed by atoms with Crippen molar-refractivity contribution in [1.29, 1.82) is 0 Å². The highest BCUT2D eigenvalue weighted by Gasteiger charge is 2.61. The summed E-state index contributed by atoms with van der Waals surface area (Å²) >= 11 is 0. The number of hydrogen-bond acceptors (Lipinski definition) is 3. The van der Waals surface area contributed by atoms with E-state index < -0.39 is 0 Å². The average Bonchev–Trinajstić information content (AvgIpc) is 3.30. The first-order chi connectivity index (χ1) is 11.8. The monoisotopic (exact) mass is 317 g/mol. The predicted octanol–water partition coefficient (Wildman–Crippen LogP) is 2.80. The van der Waals surface area contributed by atoms with E-state index in [0.717, 1.165) is 11.1 Å². The lowest BCUT2D eigenvalue weighted by Crippen LogP contribution is -2.34. The number of carbonyl (C=O) groups is 2. The third-order valence-electron chi connectivity index (χ3n) is 5.14. The zero-order valence-electron chi connectivity index (χ0n) is 12.8. The van der Waals surface area contributed by atoms with Crippen molar-refractivity contribution in [2.75, 3.05) is 4.90 Å². The minimum absolute atomic E-state index is 0.148. The molecule has 0 aromatic heterocycles. The van der Waals surface area contributed by atoms with E-state index in [1.165, 1.54) is 4.90 Å². The highest BCUT2D eigenvalue weighted by Crippen LogP contribution is 2.47. The molecule has 0 radical (unpaired) electrons. The van der Waals surface area contributed by atoms with Gasteiger partial charge >= 0.3 is 0 Å². The van der Waals surface area contributed by atoms with Gasteiger partial charge in [-0.15, -0.1) is 0 Å². The first-order valence-electron chi connectivity index (χ1n) is 8.12. The van der Waals surface area contributed by atoms with Crippen LogP contribution in [0.5, 0.6) is 0 Å². The van der Waals surface area contributed by atoms with Gasteiger partial charge in [0.2, 0.25) is 11.8 Å². The van der Waals surface area contributed by atoms with Crippen LogP contribution in [-0.2, 0) is 14.3 Å². The Kier molecular flexibility index (Phi) is 2.79. The van der Waals surface area contributed by atoms with Gasteiger partial charge in [-0.05, 0) is 11.6 Å². The van der Waals surface area contributed by atoms with Crippen LogP contribution < -0.4 is 4.90 Å². The molecule has 2 saturated heterocycles. The second-order valence-corrected chi connectivity index (χ2v) is 6.40. The molecule has 0 aliphatic carbocycles. The van der Waals surface area contributed by atoms with Gasteiger partial charge in [-0.1, -0.05) is 60.7 Å². The van der Waals surface area contributed by atoms with Crippen LogP contribution in [0.15, 0.2) is 66.7 Å². The number of anilines is 1. The Hall–Kier alpha value is -2.72. The lowest BCUT2D eigenvalue weighted by atomic mass is 9.85. The third kappa shape index (κ3) is 1.72. The fourth-order valence-corrected chi connectivity index (χ4v) is 4.07. The first-order valence-corrected chi connectivity index (χ1v) is 8.12. The summed E-state index contributed by atoms with van der Waals surface area (Å²) in [5.74, 6) is -1.05. The molecule has 3 heterocycles. The van der Waals surface area contributed by atoms with Gasteiger partial charge in [0.05, 0.1) is 29.7 Å². The Morgan fingerprint density at radius 2 is 1.33 bits per heavy atom. The first kappa shape index (κ1) is 13.7. The van der Waals surface area contributed by atoms with E-state index in [0.29, 0.717) is 5.69 Å². The standard InChI is InChI=1S/C20H15NO3/c22-19-17-15-10-11-16(24-15)18(17)20(23)21(19)14-9-5-4-8-13(14)12-6-2-1-3-7-12/h1-11,15-18H/t15-,16+,17+,18-. The van der Waals surface area contributed by atoms with E-state index in [-0.39, 0.29) is 35.9 Å². The summed E-state index contributed by atoms with van der Waals surface area (Å²) < 4.78 is 5.70. The molecule has 4 heteroatoms. The Morgan fingerprint density at radius 1 is 0.750 bits per heavy atom. The molecular formula is C20H15NO3. The molecule has 3 aliphatic heterocycles. The van der Waals surface area contributed by atoms with Crippen molar-refractivity contribution < 1.29 is 14.3 Å². The molecule has 4 atom stereocenters. The van der Waals surface area contributed by atoms with Crippen molar-refractivity contribution >= 4 is 17.5 Å². The Morgan fingerprint density at radius 3 is 2.00 bits per heavy atom. The quantitative estimate of drug-likeness (QED) is 0.632. The van der Waals surface area contributed by atoms with Crippen molar-refractivity contribution in [2.24, 2.45) is 11.8 Å².